The van der Waals surface area contributed by atoms with Gasteiger partial charge in [0.1, 0.15) is 5.58 Å². The van der Waals surface area contributed by atoms with Crippen molar-refractivity contribution in [2.24, 2.45) is 0 Å². The average Bonchev–Trinajstić information content (AvgIpc) is 3.11. The van der Waals surface area contributed by atoms with Gasteiger partial charge in [0.2, 0.25) is 0 Å². The van der Waals surface area contributed by atoms with Crippen LogP contribution in [0.3, 0.4) is 0 Å². The zero-order valence-electron chi connectivity index (χ0n) is 13.3. The number of rotatable bonds is 4. The summed E-state index contributed by atoms with van der Waals surface area (Å²) >= 11 is 0. The first-order chi connectivity index (χ1) is 12.3. The fourth-order valence-corrected chi connectivity index (χ4v) is 2.71. The number of amides is 1. The second-order valence-corrected chi connectivity index (χ2v) is 5.58. The molecule has 1 N–H and O–H groups in total. The number of nitrogens with one attached hydrogen (secondary N) is 1. The van der Waals surface area contributed by atoms with Crippen molar-refractivity contribution < 1.29 is 9.21 Å². The zero-order chi connectivity index (χ0) is 17.1. The van der Waals surface area contributed by atoms with E-state index in [0.717, 1.165) is 22.2 Å². The summed E-state index contributed by atoms with van der Waals surface area (Å²) in [6, 6.07) is 16.9. The second-order valence-electron chi connectivity index (χ2n) is 5.58. The Hall–Kier alpha value is -3.47. The molecule has 1 aromatic carbocycles. The Balaban J connectivity index is 1.54. The highest BCUT2D eigenvalue weighted by Crippen LogP contribution is 2.21. The molecule has 5 nitrogen and oxygen atoms in total. The van der Waals surface area contributed by atoms with Crippen LogP contribution >= 0.6 is 0 Å². The molecule has 0 aliphatic heterocycles. The van der Waals surface area contributed by atoms with Crippen LogP contribution in [-0.2, 0) is 6.54 Å². The van der Waals surface area contributed by atoms with Gasteiger partial charge in [-0.2, -0.15) is 0 Å². The van der Waals surface area contributed by atoms with Gasteiger partial charge in [-0.1, -0.05) is 24.3 Å². The average molecular weight is 329 g/mol. The first-order valence-electron chi connectivity index (χ1n) is 7.92. The van der Waals surface area contributed by atoms with Crippen LogP contribution in [0.15, 0.2) is 77.6 Å². The zero-order valence-corrected chi connectivity index (χ0v) is 13.3. The summed E-state index contributed by atoms with van der Waals surface area (Å²) in [5, 5.41) is 3.81. The fourth-order valence-electron chi connectivity index (χ4n) is 2.71. The van der Waals surface area contributed by atoms with Crippen molar-refractivity contribution in [3.05, 3.63) is 84.5 Å². The highest BCUT2D eigenvalue weighted by atomic mass is 16.3. The first-order valence-corrected chi connectivity index (χ1v) is 7.92. The monoisotopic (exact) mass is 329 g/mol. The summed E-state index contributed by atoms with van der Waals surface area (Å²) in [6.07, 6.45) is 5.18. The van der Waals surface area contributed by atoms with E-state index in [4.69, 9.17) is 4.42 Å². The topological polar surface area (TPSA) is 68.0 Å². The molecule has 1 amide bonds. The highest BCUT2D eigenvalue weighted by Gasteiger charge is 2.13. The number of carbonyl (C=O) groups excluding carboxylic acids is 1. The maximum absolute atomic E-state index is 12.4. The summed E-state index contributed by atoms with van der Waals surface area (Å²) in [5.74, 6) is 0.0521. The molecule has 0 fully saturated rings. The van der Waals surface area contributed by atoms with E-state index >= 15 is 0 Å². The fraction of sp³-hybridized carbons (Fsp3) is 0.0500. The van der Waals surface area contributed by atoms with Gasteiger partial charge in [-0.3, -0.25) is 14.8 Å². The molecule has 5 heteroatoms. The van der Waals surface area contributed by atoms with Gasteiger partial charge in [0, 0.05) is 36.1 Å². The molecule has 0 bridgehead atoms. The van der Waals surface area contributed by atoms with E-state index in [-0.39, 0.29) is 5.91 Å². The molecule has 0 saturated carbocycles. The van der Waals surface area contributed by atoms with Gasteiger partial charge >= 0.3 is 0 Å². The Morgan fingerprint density at radius 1 is 1.00 bits per heavy atom. The number of hydrogen-bond donors (Lipinski definition) is 1. The summed E-state index contributed by atoms with van der Waals surface area (Å²) < 4.78 is 5.60. The third-order valence-corrected chi connectivity index (χ3v) is 3.93. The minimum Gasteiger partial charge on any atom is -0.451 e. The summed E-state index contributed by atoms with van der Waals surface area (Å²) in [4.78, 5) is 20.9. The summed E-state index contributed by atoms with van der Waals surface area (Å²) in [7, 11) is 0. The molecular weight excluding hydrogens is 314 g/mol. The molecule has 25 heavy (non-hydrogen) atoms. The number of nitrogens with zero attached hydrogens (tertiary/aromatic N) is 2. The van der Waals surface area contributed by atoms with E-state index < -0.39 is 0 Å². The molecule has 0 unspecified atom stereocenters. The number of benzene rings is 1. The Morgan fingerprint density at radius 3 is 2.68 bits per heavy atom. The Labute approximate surface area is 144 Å². The maximum Gasteiger partial charge on any atom is 0.287 e. The SMILES string of the molecule is O=C(NCc1cccnc1-c1ccncc1)c1cc2ccccc2o1. The van der Waals surface area contributed by atoms with Gasteiger partial charge < -0.3 is 9.73 Å². The molecule has 0 aliphatic rings. The van der Waals surface area contributed by atoms with Crippen molar-refractivity contribution in [1.82, 2.24) is 15.3 Å². The van der Waals surface area contributed by atoms with E-state index in [9.17, 15) is 4.79 Å². The quantitative estimate of drug-likeness (QED) is 0.618. The minimum atomic E-state index is -0.249. The van der Waals surface area contributed by atoms with Gasteiger partial charge in [-0.25, -0.2) is 0 Å². The molecule has 0 atom stereocenters. The normalized spacial score (nSPS) is 10.7. The largest absolute Gasteiger partial charge is 0.451 e. The van der Waals surface area contributed by atoms with E-state index in [1.807, 2.05) is 48.5 Å². The first kappa shape index (κ1) is 15.1. The number of para-hydroxylation sites is 1. The lowest BCUT2D eigenvalue weighted by Gasteiger charge is -2.09. The predicted octanol–water partition coefficient (Wildman–Crippen LogP) is 3.82. The van der Waals surface area contributed by atoms with Crippen molar-refractivity contribution >= 4 is 16.9 Å². The van der Waals surface area contributed by atoms with Crippen LogP contribution in [0.25, 0.3) is 22.2 Å². The van der Waals surface area contributed by atoms with Gasteiger partial charge in [0.15, 0.2) is 5.76 Å². The molecule has 0 spiro atoms. The van der Waals surface area contributed by atoms with Crippen LogP contribution in [0.2, 0.25) is 0 Å². The number of fused-ring (bicyclic) bond motifs is 1. The standard InChI is InChI=1S/C20H15N3O2/c24-20(18-12-15-4-1-2-6-17(15)25-18)23-13-16-5-3-9-22-19(16)14-7-10-21-11-8-14/h1-12H,13H2,(H,23,24). The smallest absolute Gasteiger partial charge is 0.287 e. The van der Waals surface area contributed by atoms with E-state index in [2.05, 4.69) is 15.3 Å². The van der Waals surface area contributed by atoms with Crippen LogP contribution < -0.4 is 5.32 Å². The molecule has 4 rings (SSSR count). The molecule has 0 saturated heterocycles. The number of carbonyl (C=O) groups is 1. The van der Waals surface area contributed by atoms with Gasteiger partial charge in [0.25, 0.3) is 5.91 Å². The third kappa shape index (κ3) is 3.12. The van der Waals surface area contributed by atoms with Gasteiger partial charge in [-0.15, -0.1) is 0 Å². The lowest BCUT2D eigenvalue weighted by Crippen LogP contribution is -2.22. The van der Waals surface area contributed by atoms with Crippen molar-refractivity contribution in [3.8, 4) is 11.3 Å². The van der Waals surface area contributed by atoms with E-state index in [1.54, 1.807) is 24.7 Å². The van der Waals surface area contributed by atoms with Crippen LogP contribution in [0, 0.1) is 0 Å². The number of pyridine rings is 2. The van der Waals surface area contributed by atoms with Crippen molar-refractivity contribution in [2.45, 2.75) is 6.54 Å². The van der Waals surface area contributed by atoms with Crippen LogP contribution in [0.5, 0.6) is 0 Å². The lowest BCUT2D eigenvalue weighted by atomic mass is 10.1. The molecule has 3 heterocycles. The molecule has 4 aromatic rings. The minimum absolute atomic E-state index is 0.249. The highest BCUT2D eigenvalue weighted by molar-refractivity contribution is 5.96. The second kappa shape index (κ2) is 6.57. The molecule has 122 valence electrons. The summed E-state index contributed by atoms with van der Waals surface area (Å²) in [6.45, 7) is 0.362. The van der Waals surface area contributed by atoms with Crippen LogP contribution in [0.1, 0.15) is 16.1 Å². The predicted molar refractivity (Wildman–Crippen MR) is 94.9 cm³/mol. The van der Waals surface area contributed by atoms with Gasteiger partial charge in [0.05, 0.1) is 5.69 Å². The number of hydrogen-bond acceptors (Lipinski definition) is 4. The molecule has 3 aromatic heterocycles. The Bertz CT molecular complexity index is 992. The van der Waals surface area contributed by atoms with Crippen LogP contribution in [-0.4, -0.2) is 15.9 Å². The summed E-state index contributed by atoms with van der Waals surface area (Å²) in [5.41, 5.74) is 3.42. The molecular formula is C20H15N3O2. The van der Waals surface area contributed by atoms with Crippen molar-refractivity contribution in [2.75, 3.05) is 0 Å². The molecule has 0 aliphatic carbocycles. The van der Waals surface area contributed by atoms with E-state index in [0.29, 0.717) is 17.9 Å². The van der Waals surface area contributed by atoms with Gasteiger partial charge in [-0.05, 0) is 35.9 Å². The lowest BCUT2D eigenvalue weighted by molar-refractivity contribution is 0.0925. The number of aromatic nitrogens is 2. The molecule has 0 radical (unpaired) electrons. The maximum atomic E-state index is 12.4. The Kier molecular flexibility index (Phi) is 3.96. The van der Waals surface area contributed by atoms with E-state index in [1.165, 1.54) is 0 Å². The van der Waals surface area contributed by atoms with Crippen molar-refractivity contribution in [3.63, 3.8) is 0 Å². The van der Waals surface area contributed by atoms with Crippen LogP contribution in [0.4, 0.5) is 0 Å². The Morgan fingerprint density at radius 2 is 1.84 bits per heavy atom. The number of furan rings is 1. The van der Waals surface area contributed by atoms with Crippen molar-refractivity contribution in [1.29, 1.82) is 0 Å². The third-order valence-electron chi connectivity index (χ3n) is 3.93.